The lowest BCUT2D eigenvalue weighted by Gasteiger charge is -2.23. The summed E-state index contributed by atoms with van der Waals surface area (Å²) in [5, 5.41) is 6.11. The van der Waals surface area contributed by atoms with Crippen LogP contribution in [0.5, 0.6) is 0 Å². The summed E-state index contributed by atoms with van der Waals surface area (Å²) in [5.41, 5.74) is 0.711. The molecular weight excluding hydrogens is 296 g/mol. The summed E-state index contributed by atoms with van der Waals surface area (Å²) in [7, 11) is 0. The van der Waals surface area contributed by atoms with Gasteiger partial charge in [0, 0.05) is 16.6 Å². The van der Waals surface area contributed by atoms with Gasteiger partial charge < -0.3 is 15.4 Å². The van der Waals surface area contributed by atoms with E-state index in [4.69, 9.17) is 4.74 Å². The van der Waals surface area contributed by atoms with E-state index in [1.54, 1.807) is 0 Å². The molecule has 0 spiro atoms. The minimum atomic E-state index is -0.0781. The van der Waals surface area contributed by atoms with E-state index in [1.807, 2.05) is 24.3 Å². The topological polar surface area (TPSA) is 50.4 Å². The molecule has 0 aliphatic carbocycles. The molecule has 5 heteroatoms. The zero-order valence-corrected chi connectivity index (χ0v) is 11.9. The molecule has 1 fully saturated rings. The number of halogens is 1. The number of hydrogen-bond donors (Lipinski definition) is 2. The van der Waals surface area contributed by atoms with Gasteiger partial charge in [0.1, 0.15) is 0 Å². The number of ether oxygens (including phenoxy) is 1. The van der Waals surface area contributed by atoms with Gasteiger partial charge in [-0.15, -0.1) is 0 Å². The molecule has 2 rings (SSSR count). The molecule has 4 nitrogen and oxygen atoms in total. The van der Waals surface area contributed by atoms with Crippen molar-refractivity contribution in [3.63, 3.8) is 0 Å². The van der Waals surface area contributed by atoms with E-state index in [9.17, 15) is 4.79 Å². The molecule has 1 aliphatic rings. The van der Waals surface area contributed by atoms with Gasteiger partial charge in [0.2, 0.25) is 5.91 Å². The molecule has 0 saturated carbocycles. The van der Waals surface area contributed by atoms with Gasteiger partial charge in [-0.3, -0.25) is 4.79 Å². The van der Waals surface area contributed by atoms with Crippen molar-refractivity contribution in [1.82, 2.24) is 5.32 Å². The Morgan fingerprint density at radius 1 is 1.50 bits per heavy atom. The van der Waals surface area contributed by atoms with Gasteiger partial charge in [-0.05, 0) is 41.4 Å². The molecular formula is C13H17BrN2O2. The van der Waals surface area contributed by atoms with Gasteiger partial charge in [0.15, 0.2) is 0 Å². The van der Waals surface area contributed by atoms with Gasteiger partial charge in [-0.1, -0.05) is 12.1 Å². The Kier molecular flexibility index (Phi) is 4.37. The average Bonchev–Trinajstić information content (AvgIpc) is 2.77. The molecule has 98 valence electrons. The largest absolute Gasteiger partial charge is 0.379 e. The van der Waals surface area contributed by atoms with Crippen LogP contribution in [-0.4, -0.2) is 31.2 Å². The molecule has 1 saturated heterocycles. The lowest BCUT2D eigenvalue weighted by molar-refractivity contribution is -0.115. The summed E-state index contributed by atoms with van der Waals surface area (Å²) in [6.45, 7) is 3.79. The third kappa shape index (κ3) is 3.54. The standard InChI is InChI=1S/C13H17BrN2O2/c1-13(6-7-18-9-13)15-8-12(17)16-11-5-3-2-4-10(11)14/h2-5,15H,6-9H2,1H3,(H,16,17). The lowest BCUT2D eigenvalue weighted by Crippen LogP contribution is -2.46. The minimum absolute atomic E-state index is 0.0463. The minimum Gasteiger partial charge on any atom is -0.379 e. The number of benzene rings is 1. The van der Waals surface area contributed by atoms with Crippen LogP contribution in [-0.2, 0) is 9.53 Å². The first-order valence-electron chi connectivity index (χ1n) is 5.96. The highest BCUT2D eigenvalue weighted by Gasteiger charge is 2.29. The molecule has 1 unspecified atom stereocenters. The predicted octanol–water partition coefficient (Wildman–Crippen LogP) is 2.16. The maximum absolute atomic E-state index is 11.8. The Labute approximate surface area is 115 Å². The molecule has 0 aromatic heterocycles. The number of carbonyl (C=O) groups excluding carboxylic acids is 1. The van der Waals surface area contributed by atoms with Crippen LogP contribution in [0, 0.1) is 0 Å². The highest BCUT2D eigenvalue weighted by atomic mass is 79.9. The normalized spacial score (nSPS) is 23.0. The molecule has 0 bridgehead atoms. The summed E-state index contributed by atoms with van der Waals surface area (Å²) in [4.78, 5) is 11.8. The Bertz CT molecular complexity index is 431. The van der Waals surface area contributed by atoms with E-state index in [1.165, 1.54) is 0 Å². The smallest absolute Gasteiger partial charge is 0.238 e. The van der Waals surface area contributed by atoms with Crippen molar-refractivity contribution in [2.24, 2.45) is 0 Å². The number of amides is 1. The van der Waals surface area contributed by atoms with E-state index in [0.29, 0.717) is 13.2 Å². The molecule has 1 heterocycles. The highest BCUT2D eigenvalue weighted by molar-refractivity contribution is 9.10. The van der Waals surface area contributed by atoms with Gasteiger partial charge in [0.05, 0.1) is 18.8 Å². The third-order valence-electron chi connectivity index (χ3n) is 3.04. The summed E-state index contributed by atoms with van der Waals surface area (Å²) in [6, 6.07) is 7.56. The zero-order valence-electron chi connectivity index (χ0n) is 10.3. The van der Waals surface area contributed by atoms with E-state index in [-0.39, 0.29) is 11.4 Å². The van der Waals surface area contributed by atoms with Crippen LogP contribution in [0.2, 0.25) is 0 Å². The predicted molar refractivity (Wildman–Crippen MR) is 74.6 cm³/mol. The Hall–Kier alpha value is -0.910. The number of rotatable bonds is 4. The summed E-state index contributed by atoms with van der Waals surface area (Å²) < 4.78 is 6.21. The third-order valence-corrected chi connectivity index (χ3v) is 3.73. The number of hydrogen-bond acceptors (Lipinski definition) is 3. The summed E-state index contributed by atoms with van der Waals surface area (Å²) in [6.07, 6.45) is 0.940. The fraction of sp³-hybridized carbons (Fsp3) is 0.462. The first-order chi connectivity index (χ1) is 8.59. The SMILES string of the molecule is CC1(NCC(=O)Nc2ccccc2Br)CCOC1. The molecule has 1 atom stereocenters. The number of anilines is 1. The fourth-order valence-electron chi connectivity index (χ4n) is 1.86. The second-order valence-corrected chi connectivity index (χ2v) is 5.60. The van der Waals surface area contributed by atoms with Gasteiger partial charge >= 0.3 is 0 Å². The van der Waals surface area contributed by atoms with Crippen LogP contribution in [0.3, 0.4) is 0 Å². The quantitative estimate of drug-likeness (QED) is 0.895. The second-order valence-electron chi connectivity index (χ2n) is 4.74. The first kappa shape index (κ1) is 13.5. The first-order valence-corrected chi connectivity index (χ1v) is 6.76. The maximum Gasteiger partial charge on any atom is 0.238 e. The summed E-state index contributed by atoms with van der Waals surface area (Å²) >= 11 is 3.40. The van der Waals surface area contributed by atoms with Crippen LogP contribution in [0.25, 0.3) is 0 Å². The monoisotopic (exact) mass is 312 g/mol. The lowest BCUT2D eigenvalue weighted by atomic mass is 10.0. The number of para-hydroxylation sites is 1. The van der Waals surface area contributed by atoms with E-state index in [0.717, 1.165) is 23.2 Å². The molecule has 2 N–H and O–H groups in total. The fourth-order valence-corrected chi connectivity index (χ4v) is 2.24. The Balaban J connectivity index is 1.84. The van der Waals surface area contributed by atoms with Crippen LogP contribution in [0.15, 0.2) is 28.7 Å². The highest BCUT2D eigenvalue weighted by Crippen LogP contribution is 2.21. The Morgan fingerprint density at radius 2 is 2.28 bits per heavy atom. The van der Waals surface area contributed by atoms with Crippen LogP contribution >= 0.6 is 15.9 Å². The second kappa shape index (κ2) is 5.82. The molecule has 0 radical (unpaired) electrons. The molecule has 18 heavy (non-hydrogen) atoms. The van der Waals surface area contributed by atoms with Crippen molar-refractivity contribution >= 4 is 27.5 Å². The number of carbonyl (C=O) groups is 1. The van der Waals surface area contributed by atoms with Gasteiger partial charge in [-0.25, -0.2) is 0 Å². The van der Waals surface area contributed by atoms with E-state index >= 15 is 0 Å². The molecule has 1 aliphatic heterocycles. The maximum atomic E-state index is 11.8. The average molecular weight is 313 g/mol. The van der Waals surface area contributed by atoms with Crippen molar-refractivity contribution in [1.29, 1.82) is 0 Å². The molecule has 1 amide bonds. The van der Waals surface area contributed by atoms with Crippen LogP contribution in [0.4, 0.5) is 5.69 Å². The van der Waals surface area contributed by atoms with Crippen molar-refractivity contribution in [3.8, 4) is 0 Å². The van der Waals surface area contributed by atoms with Crippen molar-refractivity contribution in [3.05, 3.63) is 28.7 Å². The van der Waals surface area contributed by atoms with E-state index < -0.39 is 0 Å². The Morgan fingerprint density at radius 3 is 2.94 bits per heavy atom. The van der Waals surface area contributed by atoms with Crippen molar-refractivity contribution in [2.75, 3.05) is 25.1 Å². The van der Waals surface area contributed by atoms with E-state index in [2.05, 4.69) is 33.5 Å². The van der Waals surface area contributed by atoms with Crippen molar-refractivity contribution in [2.45, 2.75) is 18.9 Å². The zero-order chi connectivity index (χ0) is 13.0. The summed E-state index contributed by atoms with van der Waals surface area (Å²) in [5.74, 6) is -0.0463. The molecule has 1 aromatic carbocycles. The van der Waals surface area contributed by atoms with Crippen LogP contribution in [0.1, 0.15) is 13.3 Å². The van der Waals surface area contributed by atoms with Gasteiger partial charge in [-0.2, -0.15) is 0 Å². The van der Waals surface area contributed by atoms with Crippen molar-refractivity contribution < 1.29 is 9.53 Å². The van der Waals surface area contributed by atoms with Gasteiger partial charge in [0.25, 0.3) is 0 Å². The molecule has 1 aromatic rings. The van der Waals surface area contributed by atoms with Crippen LogP contribution < -0.4 is 10.6 Å². The number of nitrogens with one attached hydrogen (secondary N) is 2.